The minimum absolute atomic E-state index is 0.115. The molecule has 0 spiro atoms. The van der Waals surface area contributed by atoms with Gasteiger partial charge in [-0.1, -0.05) is 0 Å². The number of hydrogen-bond donors (Lipinski definition) is 1. The number of nitrogen functional groups attached to an aromatic ring is 1. The molecule has 0 fully saturated rings. The second-order valence-corrected chi connectivity index (χ2v) is 4.28. The zero-order valence-corrected chi connectivity index (χ0v) is 10.3. The first-order valence-corrected chi connectivity index (χ1v) is 5.74. The molecule has 0 atom stereocenters. The third-order valence-electron chi connectivity index (χ3n) is 2.80. The van der Waals surface area contributed by atoms with E-state index < -0.39 is 0 Å². The molecule has 0 saturated carbocycles. The molecule has 96 valence electrons. The number of nitrogens with zero attached hydrogens (tertiary/aromatic N) is 5. The van der Waals surface area contributed by atoms with Crippen LogP contribution in [-0.2, 0) is 11.8 Å². The van der Waals surface area contributed by atoms with Gasteiger partial charge in [-0.2, -0.15) is 15.2 Å². The minimum Gasteiger partial charge on any atom is -0.397 e. The molecule has 0 bridgehead atoms. The quantitative estimate of drug-likeness (QED) is 0.849. The SMILES string of the molecule is Cn1cc(C2=NN(c3ccc(N)cn3)C(=O)C2)cn1. The molecule has 0 aromatic carbocycles. The van der Waals surface area contributed by atoms with Crippen molar-refractivity contribution in [2.45, 2.75) is 6.42 Å². The van der Waals surface area contributed by atoms with Crippen molar-refractivity contribution in [2.75, 3.05) is 10.7 Å². The van der Waals surface area contributed by atoms with E-state index in [-0.39, 0.29) is 12.3 Å². The Morgan fingerprint density at radius 2 is 2.16 bits per heavy atom. The Kier molecular flexibility index (Phi) is 2.52. The van der Waals surface area contributed by atoms with Crippen LogP contribution in [0.2, 0.25) is 0 Å². The van der Waals surface area contributed by atoms with Gasteiger partial charge in [0.05, 0.1) is 30.2 Å². The fourth-order valence-corrected chi connectivity index (χ4v) is 1.86. The van der Waals surface area contributed by atoms with Crippen molar-refractivity contribution >= 4 is 23.1 Å². The number of rotatable bonds is 2. The van der Waals surface area contributed by atoms with Crippen LogP contribution in [-0.4, -0.2) is 26.4 Å². The summed E-state index contributed by atoms with van der Waals surface area (Å²) < 4.78 is 1.67. The Balaban J connectivity index is 1.93. The molecule has 0 aliphatic carbocycles. The minimum atomic E-state index is -0.115. The van der Waals surface area contributed by atoms with Gasteiger partial charge in [-0.05, 0) is 12.1 Å². The number of amides is 1. The summed E-state index contributed by atoms with van der Waals surface area (Å²) in [7, 11) is 1.82. The predicted octanol–water partition coefficient (Wildman–Crippen LogP) is 0.538. The van der Waals surface area contributed by atoms with E-state index in [0.29, 0.717) is 17.2 Å². The van der Waals surface area contributed by atoms with Crippen molar-refractivity contribution in [3.05, 3.63) is 36.3 Å². The Labute approximate surface area is 109 Å². The van der Waals surface area contributed by atoms with E-state index in [2.05, 4.69) is 15.2 Å². The van der Waals surface area contributed by atoms with Crippen molar-refractivity contribution in [1.29, 1.82) is 0 Å². The third-order valence-corrected chi connectivity index (χ3v) is 2.80. The number of hydrazone groups is 1. The van der Waals surface area contributed by atoms with E-state index in [0.717, 1.165) is 5.56 Å². The maximum absolute atomic E-state index is 12.0. The first-order chi connectivity index (χ1) is 9.13. The molecule has 0 unspecified atom stereocenters. The molecule has 0 saturated heterocycles. The number of aromatic nitrogens is 3. The molecule has 1 amide bonds. The maximum atomic E-state index is 12.0. The second kappa shape index (κ2) is 4.20. The zero-order chi connectivity index (χ0) is 13.4. The fourth-order valence-electron chi connectivity index (χ4n) is 1.86. The fraction of sp³-hybridized carbons (Fsp3) is 0.167. The summed E-state index contributed by atoms with van der Waals surface area (Å²) in [6.07, 6.45) is 5.26. The van der Waals surface area contributed by atoms with Crippen LogP contribution in [0.3, 0.4) is 0 Å². The standard InChI is InChI=1S/C12H12N6O/c1-17-7-8(5-15-17)10-4-12(19)18(16-10)11-3-2-9(13)6-14-11/h2-3,5-7H,4,13H2,1H3. The predicted molar refractivity (Wildman–Crippen MR) is 70.5 cm³/mol. The lowest BCUT2D eigenvalue weighted by Crippen LogP contribution is -2.20. The molecule has 2 N–H and O–H groups in total. The topological polar surface area (TPSA) is 89.4 Å². The van der Waals surface area contributed by atoms with Gasteiger partial charge in [-0.25, -0.2) is 4.98 Å². The summed E-state index contributed by atoms with van der Waals surface area (Å²) in [6.45, 7) is 0. The molecular formula is C12H12N6O. The molecule has 0 radical (unpaired) electrons. The highest BCUT2D eigenvalue weighted by atomic mass is 16.2. The van der Waals surface area contributed by atoms with E-state index in [1.54, 1.807) is 23.0 Å². The molecule has 3 heterocycles. The molecule has 1 aliphatic rings. The number of nitrogens with two attached hydrogens (primary N) is 1. The Morgan fingerprint density at radius 1 is 1.32 bits per heavy atom. The van der Waals surface area contributed by atoms with Crippen LogP contribution in [0.1, 0.15) is 12.0 Å². The maximum Gasteiger partial charge on any atom is 0.254 e. The lowest BCUT2D eigenvalue weighted by molar-refractivity contribution is -0.116. The highest BCUT2D eigenvalue weighted by molar-refractivity contribution is 6.18. The van der Waals surface area contributed by atoms with Crippen LogP contribution in [0.4, 0.5) is 11.5 Å². The van der Waals surface area contributed by atoms with E-state index in [4.69, 9.17) is 5.73 Å². The number of aryl methyl sites for hydroxylation is 1. The highest BCUT2D eigenvalue weighted by Gasteiger charge is 2.27. The Morgan fingerprint density at radius 3 is 2.79 bits per heavy atom. The van der Waals surface area contributed by atoms with Gasteiger partial charge in [-0.15, -0.1) is 0 Å². The van der Waals surface area contributed by atoms with Gasteiger partial charge in [0, 0.05) is 18.8 Å². The number of anilines is 2. The van der Waals surface area contributed by atoms with Crippen molar-refractivity contribution in [1.82, 2.24) is 14.8 Å². The van der Waals surface area contributed by atoms with Crippen molar-refractivity contribution in [2.24, 2.45) is 12.1 Å². The van der Waals surface area contributed by atoms with E-state index in [1.165, 1.54) is 11.2 Å². The highest BCUT2D eigenvalue weighted by Crippen LogP contribution is 2.21. The van der Waals surface area contributed by atoms with Crippen LogP contribution in [0.5, 0.6) is 0 Å². The lowest BCUT2D eigenvalue weighted by atomic mass is 10.2. The number of carbonyl (C=O) groups excluding carboxylic acids is 1. The molecule has 2 aromatic rings. The Hall–Kier alpha value is -2.70. The van der Waals surface area contributed by atoms with E-state index >= 15 is 0 Å². The molecule has 1 aliphatic heterocycles. The smallest absolute Gasteiger partial charge is 0.254 e. The Bertz CT molecular complexity index is 657. The van der Waals surface area contributed by atoms with Crippen LogP contribution in [0, 0.1) is 0 Å². The van der Waals surface area contributed by atoms with Crippen LogP contribution in [0.25, 0.3) is 0 Å². The van der Waals surface area contributed by atoms with Gasteiger partial charge in [0.2, 0.25) is 0 Å². The van der Waals surface area contributed by atoms with Gasteiger partial charge < -0.3 is 5.73 Å². The van der Waals surface area contributed by atoms with E-state index in [9.17, 15) is 4.79 Å². The van der Waals surface area contributed by atoms with Crippen molar-refractivity contribution < 1.29 is 4.79 Å². The van der Waals surface area contributed by atoms with Crippen LogP contribution >= 0.6 is 0 Å². The molecule has 3 rings (SSSR count). The summed E-state index contributed by atoms with van der Waals surface area (Å²) in [6, 6.07) is 3.36. The van der Waals surface area contributed by atoms with Gasteiger partial charge in [0.1, 0.15) is 0 Å². The van der Waals surface area contributed by atoms with Gasteiger partial charge in [0.15, 0.2) is 5.82 Å². The van der Waals surface area contributed by atoms with Crippen molar-refractivity contribution in [3.8, 4) is 0 Å². The summed E-state index contributed by atoms with van der Waals surface area (Å²) in [4.78, 5) is 16.1. The summed E-state index contributed by atoms with van der Waals surface area (Å²) >= 11 is 0. The largest absolute Gasteiger partial charge is 0.397 e. The normalized spacial score (nSPS) is 14.9. The summed E-state index contributed by atoms with van der Waals surface area (Å²) in [5.74, 6) is 0.356. The monoisotopic (exact) mass is 256 g/mol. The average Bonchev–Trinajstić information content (AvgIpc) is 2.97. The third kappa shape index (κ3) is 2.05. The van der Waals surface area contributed by atoms with Crippen molar-refractivity contribution in [3.63, 3.8) is 0 Å². The first-order valence-electron chi connectivity index (χ1n) is 5.74. The molecular weight excluding hydrogens is 244 g/mol. The number of carbonyl (C=O) groups is 1. The van der Waals surface area contributed by atoms with Gasteiger partial charge in [-0.3, -0.25) is 9.48 Å². The summed E-state index contributed by atoms with van der Waals surface area (Å²) in [5.41, 5.74) is 7.65. The molecule has 7 nitrogen and oxygen atoms in total. The molecule has 2 aromatic heterocycles. The average molecular weight is 256 g/mol. The number of pyridine rings is 1. The second-order valence-electron chi connectivity index (χ2n) is 4.28. The zero-order valence-electron chi connectivity index (χ0n) is 10.3. The van der Waals surface area contributed by atoms with Gasteiger partial charge in [0.25, 0.3) is 5.91 Å². The van der Waals surface area contributed by atoms with E-state index in [1.807, 2.05) is 13.2 Å². The summed E-state index contributed by atoms with van der Waals surface area (Å²) in [5, 5.41) is 9.66. The van der Waals surface area contributed by atoms with Crippen LogP contribution < -0.4 is 10.7 Å². The van der Waals surface area contributed by atoms with Crippen LogP contribution in [0.15, 0.2) is 35.8 Å². The van der Waals surface area contributed by atoms with Gasteiger partial charge >= 0.3 is 0 Å². The first kappa shape index (κ1) is 11.4. The number of hydrogen-bond acceptors (Lipinski definition) is 5. The molecule has 19 heavy (non-hydrogen) atoms. The lowest BCUT2D eigenvalue weighted by Gasteiger charge is -2.09. The molecule has 7 heteroatoms.